The Labute approximate surface area is 197 Å². The van der Waals surface area contributed by atoms with E-state index in [9.17, 15) is 18.0 Å². The lowest BCUT2D eigenvalue weighted by Gasteiger charge is -2.15. The molecule has 0 bridgehead atoms. The Morgan fingerprint density at radius 1 is 1.12 bits per heavy atom. The molecule has 1 aliphatic rings. The normalized spacial score (nSPS) is 13.9. The van der Waals surface area contributed by atoms with Crippen molar-refractivity contribution in [1.82, 2.24) is 9.47 Å². The van der Waals surface area contributed by atoms with E-state index in [4.69, 9.17) is 16.3 Å². The van der Waals surface area contributed by atoms with Gasteiger partial charge in [-0.2, -0.15) is 0 Å². The van der Waals surface area contributed by atoms with Crippen molar-refractivity contribution in [2.75, 3.05) is 31.3 Å². The maximum absolute atomic E-state index is 13.2. The minimum atomic E-state index is -4.00. The number of carbonyl (C=O) groups is 2. The molecule has 4 rings (SSSR count). The van der Waals surface area contributed by atoms with E-state index in [1.807, 2.05) is 0 Å². The number of ether oxygens (including phenoxy) is 1. The third-order valence-corrected chi connectivity index (χ3v) is 7.48. The van der Waals surface area contributed by atoms with Crippen LogP contribution in [0.25, 0.3) is 10.9 Å². The highest BCUT2D eigenvalue weighted by Gasteiger charge is 2.26. The molecule has 3 aromatic rings. The summed E-state index contributed by atoms with van der Waals surface area (Å²) in [6.07, 6.45) is 3.40. The number of nitrogens with zero attached hydrogens (tertiary/aromatic N) is 2. The van der Waals surface area contributed by atoms with Crippen molar-refractivity contribution in [2.24, 2.45) is 0 Å². The molecule has 1 saturated heterocycles. The lowest BCUT2D eigenvalue weighted by Crippen LogP contribution is -2.30. The predicted molar refractivity (Wildman–Crippen MR) is 126 cm³/mol. The van der Waals surface area contributed by atoms with Crippen LogP contribution in [0, 0.1) is 0 Å². The molecular weight excluding hydrogens is 466 g/mol. The number of anilines is 1. The van der Waals surface area contributed by atoms with Crippen molar-refractivity contribution in [2.45, 2.75) is 24.3 Å². The number of halogens is 1. The number of methoxy groups -OCH3 is 1. The number of benzene rings is 2. The number of hydrogen-bond acceptors (Lipinski definition) is 5. The van der Waals surface area contributed by atoms with Crippen molar-refractivity contribution < 1.29 is 22.7 Å². The molecule has 10 heteroatoms. The molecule has 33 heavy (non-hydrogen) atoms. The Morgan fingerprint density at radius 2 is 1.85 bits per heavy atom. The van der Waals surface area contributed by atoms with E-state index in [2.05, 4.69) is 5.32 Å². The molecule has 0 spiro atoms. The zero-order valence-corrected chi connectivity index (χ0v) is 19.7. The third kappa shape index (κ3) is 4.99. The number of nitrogens with one attached hydrogen (secondary N) is 1. The van der Waals surface area contributed by atoms with Crippen LogP contribution < -0.4 is 10.1 Å². The topological polar surface area (TPSA) is 97.7 Å². The van der Waals surface area contributed by atoms with Gasteiger partial charge in [-0.05, 0) is 37.1 Å². The van der Waals surface area contributed by atoms with Crippen LogP contribution in [0.15, 0.2) is 53.6 Å². The molecule has 1 fully saturated rings. The van der Waals surface area contributed by atoms with Gasteiger partial charge in [-0.15, -0.1) is 0 Å². The second-order valence-corrected chi connectivity index (χ2v) is 10.3. The highest BCUT2D eigenvalue weighted by Crippen LogP contribution is 2.29. The summed E-state index contributed by atoms with van der Waals surface area (Å²) in [5.41, 5.74) is 0.907. The molecule has 0 saturated carbocycles. The summed E-state index contributed by atoms with van der Waals surface area (Å²) in [4.78, 5) is 27.1. The molecular formula is C23H24ClN3O5S. The average molecular weight is 490 g/mol. The van der Waals surface area contributed by atoms with Crippen LogP contribution in [0.5, 0.6) is 5.75 Å². The first kappa shape index (κ1) is 23.1. The van der Waals surface area contributed by atoms with E-state index < -0.39 is 21.5 Å². The van der Waals surface area contributed by atoms with Gasteiger partial charge in [-0.25, -0.2) is 8.42 Å². The number of sulfone groups is 1. The standard InChI is InChI=1S/C23H24ClN3O5S/c1-32-20-9-8-16(24)12-18(20)25-22(28)15-33(30,31)21-13-27(19-7-3-2-6-17(19)21)14-23(29)26-10-4-5-11-26/h2-3,6-9,12-13H,4-5,10-11,14-15H2,1H3,(H,25,28). The Bertz CT molecular complexity index is 1310. The van der Waals surface area contributed by atoms with Crippen LogP contribution in [0.3, 0.4) is 0 Å². The predicted octanol–water partition coefficient (Wildman–Crippen LogP) is 3.34. The molecule has 0 atom stereocenters. The molecule has 0 aliphatic carbocycles. The van der Waals surface area contributed by atoms with Crippen LogP contribution in [-0.4, -0.2) is 55.7 Å². The Hall–Kier alpha value is -3.04. The number of para-hydroxylation sites is 1. The molecule has 2 amide bonds. The fourth-order valence-corrected chi connectivity index (χ4v) is 5.56. The SMILES string of the molecule is COc1ccc(Cl)cc1NC(=O)CS(=O)(=O)c1cn(CC(=O)N2CCCC2)c2ccccc12. The molecule has 1 aromatic heterocycles. The minimum Gasteiger partial charge on any atom is -0.495 e. The molecule has 174 valence electrons. The zero-order chi connectivity index (χ0) is 23.6. The number of aromatic nitrogens is 1. The molecule has 0 unspecified atom stereocenters. The Balaban J connectivity index is 1.59. The fourth-order valence-electron chi connectivity index (χ4n) is 4.02. The second kappa shape index (κ2) is 9.44. The molecule has 2 heterocycles. The first-order chi connectivity index (χ1) is 15.8. The third-order valence-electron chi connectivity index (χ3n) is 5.61. The van der Waals surface area contributed by atoms with Crippen LogP contribution in [0.1, 0.15) is 12.8 Å². The van der Waals surface area contributed by atoms with Gasteiger partial charge in [0.05, 0.1) is 17.7 Å². The van der Waals surface area contributed by atoms with Crippen molar-refractivity contribution >= 4 is 49.8 Å². The quantitative estimate of drug-likeness (QED) is 0.549. The van der Waals surface area contributed by atoms with Gasteiger partial charge in [0.1, 0.15) is 18.0 Å². The number of likely N-dealkylation sites (tertiary alicyclic amines) is 1. The number of hydrogen-bond donors (Lipinski definition) is 1. The van der Waals surface area contributed by atoms with Crippen LogP contribution >= 0.6 is 11.6 Å². The molecule has 1 aliphatic heterocycles. The van der Waals surface area contributed by atoms with Gasteiger partial charge in [0.25, 0.3) is 0 Å². The van der Waals surface area contributed by atoms with E-state index in [-0.39, 0.29) is 23.0 Å². The van der Waals surface area contributed by atoms with E-state index in [0.717, 1.165) is 25.9 Å². The van der Waals surface area contributed by atoms with Gasteiger partial charge in [0.2, 0.25) is 11.8 Å². The Morgan fingerprint density at radius 3 is 2.58 bits per heavy atom. The summed E-state index contributed by atoms with van der Waals surface area (Å²) >= 11 is 5.98. The maximum atomic E-state index is 13.2. The lowest BCUT2D eigenvalue weighted by molar-refractivity contribution is -0.130. The van der Waals surface area contributed by atoms with E-state index in [0.29, 0.717) is 21.7 Å². The number of carbonyl (C=O) groups excluding carboxylic acids is 2. The van der Waals surface area contributed by atoms with Crippen LogP contribution in [0.2, 0.25) is 5.02 Å². The smallest absolute Gasteiger partial charge is 0.242 e. The van der Waals surface area contributed by atoms with Gasteiger partial charge in [0, 0.05) is 35.2 Å². The first-order valence-electron chi connectivity index (χ1n) is 10.5. The van der Waals surface area contributed by atoms with Crippen molar-refractivity contribution in [1.29, 1.82) is 0 Å². The first-order valence-corrected chi connectivity index (χ1v) is 12.5. The summed E-state index contributed by atoms with van der Waals surface area (Å²) < 4.78 is 33.2. The maximum Gasteiger partial charge on any atom is 0.242 e. The fraction of sp³-hybridized carbons (Fsp3) is 0.304. The van der Waals surface area contributed by atoms with Gasteiger partial charge in [-0.1, -0.05) is 29.8 Å². The number of fused-ring (bicyclic) bond motifs is 1. The number of amides is 2. The van der Waals surface area contributed by atoms with Crippen molar-refractivity contribution in [3.63, 3.8) is 0 Å². The molecule has 2 aromatic carbocycles. The van der Waals surface area contributed by atoms with Gasteiger partial charge in [0.15, 0.2) is 9.84 Å². The Kier molecular flexibility index (Phi) is 6.62. The average Bonchev–Trinajstić information content (AvgIpc) is 3.43. The highest BCUT2D eigenvalue weighted by atomic mass is 35.5. The van der Waals surface area contributed by atoms with Crippen molar-refractivity contribution in [3.8, 4) is 5.75 Å². The van der Waals surface area contributed by atoms with Crippen molar-refractivity contribution in [3.05, 3.63) is 53.7 Å². The summed E-state index contributed by atoms with van der Waals surface area (Å²) in [6, 6.07) is 11.6. The van der Waals surface area contributed by atoms with Crippen LogP contribution in [-0.2, 0) is 26.0 Å². The highest BCUT2D eigenvalue weighted by molar-refractivity contribution is 7.92. The zero-order valence-electron chi connectivity index (χ0n) is 18.1. The molecule has 1 N–H and O–H groups in total. The van der Waals surface area contributed by atoms with E-state index in [1.165, 1.54) is 19.4 Å². The largest absolute Gasteiger partial charge is 0.495 e. The molecule has 0 radical (unpaired) electrons. The number of rotatable bonds is 7. The van der Waals surface area contributed by atoms with E-state index >= 15 is 0 Å². The summed E-state index contributed by atoms with van der Waals surface area (Å²) in [5.74, 6) is -1.18. The lowest BCUT2D eigenvalue weighted by atomic mass is 10.2. The summed E-state index contributed by atoms with van der Waals surface area (Å²) in [6.45, 7) is 1.48. The second-order valence-electron chi connectivity index (χ2n) is 7.88. The van der Waals surface area contributed by atoms with Crippen LogP contribution in [0.4, 0.5) is 5.69 Å². The molecule has 8 nitrogen and oxygen atoms in total. The van der Waals surface area contributed by atoms with E-state index in [1.54, 1.807) is 45.9 Å². The minimum absolute atomic E-state index is 0.0144. The van der Waals surface area contributed by atoms with Gasteiger partial charge < -0.3 is 19.5 Å². The summed E-state index contributed by atoms with van der Waals surface area (Å²) in [5, 5.41) is 3.40. The summed E-state index contributed by atoms with van der Waals surface area (Å²) in [7, 11) is -2.56. The monoisotopic (exact) mass is 489 g/mol. The van der Waals surface area contributed by atoms with Gasteiger partial charge >= 0.3 is 0 Å². The van der Waals surface area contributed by atoms with Gasteiger partial charge in [-0.3, -0.25) is 9.59 Å².